The van der Waals surface area contributed by atoms with Crippen LogP contribution in [0.4, 0.5) is 8.78 Å². The smallest absolute Gasteiger partial charge is 0.142 e. The molecule has 0 aliphatic carbocycles. The molecule has 0 saturated carbocycles. The number of hydrogen-bond donors (Lipinski definition) is 0. The van der Waals surface area contributed by atoms with E-state index in [9.17, 15) is 8.78 Å². The van der Waals surface area contributed by atoms with Crippen LogP contribution in [0.2, 0.25) is 10.0 Å². The van der Waals surface area contributed by atoms with Gasteiger partial charge in [0.2, 0.25) is 0 Å². The molecule has 1 unspecified atom stereocenters. The molecule has 0 aromatic heterocycles. The van der Waals surface area contributed by atoms with Crippen LogP contribution in [0.5, 0.6) is 0 Å². The van der Waals surface area contributed by atoms with Gasteiger partial charge in [0, 0.05) is 15.4 Å². The van der Waals surface area contributed by atoms with Gasteiger partial charge in [0.05, 0.1) is 5.02 Å². The van der Waals surface area contributed by atoms with Crippen molar-refractivity contribution in [3.63, 3.8) is 0 Å². The number of halogens is 5. The second-order valence-electron chi connectivity index (χ2n) is 4.05. The van der Waals surface area contributed by atoms with Gasteiger partial charge in [0.25, 0.3) is 0 Å². The maximum absolute atomic E-state index is 13.7. The van der Waals surface area contributed by atoms with Gasteiger partial charge in [-0.05, 0) is 36.2 Å². The van der Waals surface area contributed by atoms with Crippen LogP contribution >= 0.6 is 39.1 Å². The van der Waals surface area contributed by atoms with E-state index in [-0.39, 0.29) is 15.7 Å². The SMILES string of the molecule is Fc1cc(C(Br)Cc2c(F)cccc2Cl)ccc1Cl. The molecule has 0 radical (unpaired) electrons. The molecule has 0 amide bonds. The minimum atomic E-state index is -0.497. The van der Waals surface area contributed by atoms with Crippen molar-refractivity contribution in [2.75, 3.05) is 0 Å². The van der Waals surface area contributed by atoms with Crippen molar-refractivity contribution in [3.05, 3.63) is 69.2 Å². The van der Waals surface area contributed by atoms with Crippen molar-refractivity contribution in [2.24, 2.45) is 0 Å². The Bertz CT molecular complexity index is 582. The summed E-state index contributed by atoms with van der Waals surface area (Å²) in [6.45, 7) is 0. The Kier molecular flexibility index (Phi) is 4.82. The van der Waals surface area contributed by atoms with Crippen molar-refractivity contribution >= 4 is 39.1 Å². The molecule has 0 N–H and O–H groups in total. The first-order valence-electron chi connectivity index (χ1n) is 5.51. The summed E-state index contributed by atoms with van der Waals surface area (Å²) in [5.41, 5.74) is 1.09. The van der Waals surface area contributed by atoms with Crippen LogP contribution in [-0.2, 0) is 6.42 Å². The number of benzene rings is 2. The number of rotatable bonds is 3. The molecule has 0 heterocycles. The predicted molar refractivity (Wildman–Crippen MR) is 78.2 cm³/mol. The van der Waals surface area contributed by atoms with E-state index in [1.807, 2.05) is 0 Å². The summed E-state index contributed by atoms with van der Waals surface area (Å²) < 4.78 is 27.1. The number of hydrogen-bond acceptors (Lipinski definition) is 0. The Labute approximate surface area is 128 Å². The molecule has 0 spiro atoms. The Morgan fingerprint density at radius 2 is 1.74 bits per heavy atom. The average molecular weight is 366 g/mol. The quantitative estimate of drug-likeness (QED) is 0.589. The van der Waals surface area contributed by atoms with Gasteiger partial charge in [-0.1, -0.05) is 51.3 Å². The van der Waals surface area contributed by atoms with E-state index in [1.54, 1.807) is 18.2 Å². The van der Waals surface area contributed by atoms with Crippen molar-refractivity contribution in [1.82, 2.24) is 0 Å². The lowest BCUT2D eigenvalue weighted by Crippen LogP contribution is -1.99. The predicted octanol–water partition coefficient (Wildman–Crippen LogP) is 5.95. The Balaban J connectivity index is 2.25. The van der Waals surface area contributed by atoms with Crippen LogP contribution in [0.25, 0.3) is 0 Å². The lowest BCUT2D eigenvalue weighted by Gasteiger charge is -2.12. The van der Waals surface area contributed by atoms with Gasteiger partial charge in [-0.15, -0.1) is 0 Å². The van der Waals surface area contributed by atoms with E-state index in [2.05, 4.69) is 15.9 Å². The highest BCUT2D eigenvalue weighted by Gasteiger charge is 2.15. The standard InChI is InChI=1S/C14H9BrCl2F2/c15-10(8-4-5-12(17)14(19)6-8)7-9-11(16)2-1-3-13(9)18/h1-6,10H,7H2. The largest absolute Gasteiger partial charge is 0.207 e. The molecular formula is C14H9BrCl2F2. The second kappa shape index (κ2) is 6.21. The van der Waals surface area contributed by atoms with E-state index < -0.39 is 5.82 Å². The maximum atomic E-state index is 13.7. The Morgan fingerprint density at radius 1 is 1.00 bits per heavy atom. The molecule has 2 aromatic rings. The summed E-state index contributed by atoms with van der Waals surface area (Å²) >= 11 is 15.0. The van der Waals surface area contributed by atoms with Gasteiger partial charge in [-0.2, -0.15) is 0 Å². The molecule has 2 rings (SSSR count). The van der Waals surface area contributed by atoms with Gasteiger partial charge < -0.3 is 0 Å². The molecular weight excluding hydrogens is 357 g/mol. The molecule has 0 nitrogen and oxygen atoms in total. The third-order valence-corrected chi connectivity index (χ3v) is 4.26. The summed E-state index contributed by atoms with van der Waals surface area (Å²) in [7, 11) is 0. The first kappa shape index (κ1) is 14.8. The van der Waals surface area contributed by atoms with E-state index >= 15 is 0 Å². The van der Waals surface area contributed by atoms with Gasteiger partial charge in [-0.25, -0.2) is 8.78 Å². The van der Waals surface area contributed by atoms with Crippen LogP contribution in [0.1, 0.15) is 16.0 Å². The molecule has 0 bridgehead atoms. The lowest BCUT2D eigenvalue weighted by molar-refractivity contribution is 0.607. The highest BCUT2D eigenvalue weighted by Crippen LogP contribution is 2.32. The molecule has 0 fully saturated rings. The summed E-state index contributed by atoms with van der Waals surface area (Å²) in [4.78, 5) is -0.242. The van der Waals surface area contributed by atoms with Crippen LogP contribution in [0, 0.1) is 11.6 Å². The van der Waals surface area contributed by atoms with Gasteiger partial charge in [-0.3, -0.25) is 0 Å². The highest BCUT2D eigenvalue weighted by atomic mass is 79.9. The number of alkyl halides is 1. The lowest BCUT2D eigenvalue weighted by atomic mass is 10.0. The Morgan fingerprint density at radius 3 is 2.37 bits per heavy atom. The summed E-state index contributed by atoms with van der Waals surface area (Å²) in [5, 5.41) is 0.422. The molecule has 0 saturated heterocycles. The molecule has 19 heavy (non-hydrogen) atoms. The van der Waals surface area contributed by atoms with Crippen LogP contribution in [-0.4, -0.2) is 0 Å². The molecule has 100 valence electrons. The van der Waals surface area contributed by atoms with Gasteiger partial charge in [0.1, 0.15) is 11.6 Å². The molecule has 2 aromatic carbocycles. The van der Waals surface area contributed by atoms with Crippen LogP contribution in [0.3, 0.4) is 0 Å². The second-order valence-corrected chi connectivity index (χ2v) is 5.97. The first-order chi connectivity index (χ1) is 8.99. The molecule has 0 aliphatic rings. The fourth-order valence-corrected chi connectivity index (χ4v) is 2.70. The fraction of sp³-hybridized carbons (Fsp3) is 0.143. The van der Waals surface area contributed by atoms with Crippen molar-refractivity contribution in [2.45, 2.75) is 11.2 Å². The topological polar surface area (TPSA) is 0 Å². The van der Waals surface area contributed by atoms with Crippen LogP contribution in [0.15, 0.2) is 36.4 Å². The Hall–Kier alpha value is -0.640. The average Bonchev–Trinajstić information content (AvgIpc) is 2.37. The highest BCUT2D eigenvalue weighted by molar-refractivity contribution is 9.09. The molecule has 0 aliphatic heterocycles. The van der Waals surface area contributed by atoms with E-state index in [4.69, 9.17) is 23.2 Å². The zero-order chi connectivity index (χ0) is 14.0. The third kappa shape index (κ3) is 3.47. The van der Waals surface area contributed by atoms with Gasteiger partial charge >= 0.3 is 0 Å². The summed E-state index contributed by atoms with van der Waals surface area (Å²) in [6, 6.07) is 9.03. The monoisotopic (exact) mass is 364 g/mol. The normalized spacial score (nSPS) is 12.5. The summed E-state index contributed by atoms with van der Waals surface area (Å²) in [5.74, 6) is -0.866. The molecule has 1 atom stereocenters. The van der Waals surface area contributed by atoms with Gasteiger partial charge in [0.15, 0.2) is 0 Å². The zero-order valence-corrected chi connectivity index (χ0v) is 12.7. The molecule has 5 heteroatoms. The minimum Gasteiger partial charge on any atom is -0.207 e. The van der Waals surface area contributed by atoms with E-state index in [0.29, 0.717) is 22.6 Å². The van der Waals surface area contributed by atoms with Crippen molar-refractivity contribution in [3.8, 4) is 0 Å². The van der Waals surface area contributed by atoms with E-state index in [0.717, 1.165) is 0 Å². The zero-order valence-electron chi connectivity index (χ0n) is 9.64. The van der Waals surface area contributed by atoms with E-state index in [1.165, 1.54) is 18.2 Å². The maximum Gasteiger partial charge on any atom is 0.142 e. The van der Waals surface area contributed by atoms with Crippen LogP contribution < -0.4 is 0 Å². The fourth-order valence-electron chi connectivity index (χ4n) is 1.73. The minimum absolute atomic E-state index is 0.0624. The van der Waals surface area contributed by atoms with Crippen molar-refractivity contribution in [1.29, 1.82) is 0 Å². The third-order valence-electron chi connectivity index (χ3n) is 2.75. The van der Waals surface area contributed by atoms with Crippen molar-refractivity contribution < 1.29 is 8.78 Å². The first-order valence-corrected chi connectivity index (χ1v) is 7.18. The summed E-state index contributed by atoms with van der Waals surface area (Å²) in [6.07, 6.45) is 0.326.